The highest BCUT2D eigenvalue weighted by Gasteiger charge is 2.17. The van der Waals surface area contributed by atoms with Gasteiger partial charge in [0.2, 0.25) is 0 Å². The summed E-state index contributed by atoms with van der Waals surface area (Å²) < 4.78 is 5.41. The van der Waals surface area contributed by atoms with Crippen LogP contribution in [0.3, 0.4) is 0 Å². The van der Waals surface area contributed by atoms with E-state index in [1.807, 2.05) is 0 Å². The summed E-state index contributed by atoms with van der Waals surface area (Å²) in [7, 11) is 0. The molecule has 0 amide bonds. The van der Waals surface area contributed by atoms with Crippen LogP contribution in [0.25, 0.3) is 0 Å². The van der Waals surface area contributed by atoms with Crippen molar-refractivity contribution >= 4 is 5.69 Å². The number of hydrogen-bond donors (Lipinski definition) is 1. The van der Waals surface area contributed by atoms with Gasteiger partial charge in [-0.1, -0.05) is 12.1 Å². The molecule has 0 unspecified atom stereocenters. The average molecular weight is 276 g/mol. The number of ether oxygens (including phenoxy) is 1. The highest BCUT2D eigenvalue weighted by Crippen LogP contribution is 2.20. The third-order valence-corrected chi connectivity index (χ3v) is 4.25. The van der Waals surface area contributed by atoms with Crippen molar-refractivity contribution in [1.29, 1.82) is 0 Å². The van der Waals surface area contributed by atoms with Gasteiger partial charge in [0, 0.05) is 38.4 Å². The number of morpholine rings is 1. The largest absolute Gasteiger partial charge is 0.393 e. The molecule has 0 spiro atoms. The van der Waals surface area contributed by atoms with Crippen molar-refractivity contribution in [3.63, 3.8) is 0 Å². The smallest absolute Gasteiger partial charge is 0.0642 e. The highest BCUT2D eigenvalue weighted by molar-refractivity contribution is 5.48. The van der Waals surface area contributed by atoms with Gasteiger partial charge in [0.05, 0.1) is 19.3 Å². The highest BCUT2D eigenvalue weighted by atomic mass is 16.5. The molecule has 2 fully saturated rings. The molecule has 1 aromatic rings. The maximum Gasteiger partial charge on any atom is 0.0642 e. The molecule has 110 valence electrons. The van der Waals surface area contributed by atoms with E-state index in [0.29, 0.717) is 0 Å². The summed E-state index contributed by atoms with van der Waals surface area (Å²) >= 11 is 0. The van der Waals surface area contributed by atoms with Gasteiger partial charge in [-0.05, 0) is 30.5 Å². The van der Waals surface area contributed by atoms with E-state index in [-0.39, 0.29) is 6.10 Å². The minimum absolute atomic E-state index is 0.0917. The Morgan fingerprint density at radius 2 is 1.85 bits per heavy atom. The molecule has 0 radical (unpaired) electrons. The molecule has 2 aliphatic heterocycles. The Bertz CT molecular complexity index is 424. The first-order chi connectivity index (χ1) is 9.81. The van der Waals surface area contributed by atoms with Crippen LogP contribution in [0.2, 0.25) is 0 Å². The Labute approximate surface area is 120 Å². The van der Waals surface area contributed by atoms with Crippen molar-refractivity contribution in [2.75, 3.05) is 44.3 Å². The first kappa shape index (κ1) is 13.9. The fraction of sp³-hybridized carbons (Fsp3) is 0.625. The molecular weight excluding hydrogens is 252 g/mol. The van der Waals surface area contributed by atoms with Gasteiger partial charge in [-0.2, -0.15) is 0 Å². The van der Waals surface area contributed by atoms with E-state index in [4.69, 9.17) is 4.74 Å². The molecule has 1 N–H and O–H groups in total. The van der Waals surface area contributed by atoms with Crippen LogP contribution in [0, 0.1) is 0 Å². The monoisotopic (exact) mass is 276 g/mol. The number of aliphatic hydroxyl groups excluding tert-OH is 1. The van der Waals surface area contributed by atoms with E-state index in [0.717, 1.165) is 58.8 Å². The molecule has 4 nitrogen and oxygen atoms in total. The molecule has 2 saturated heterocycles. The summed E-state index contributed by atoms with van der Waals surface area (Å²) in [5, 5.41) is 9.56. The lowest BCUT2D eigenvalue weighted by atomic mass is 10.1. The number of benzene rings is 1. The third kappa shape index (κ3) is 3.51. The van der Waals surface area contributed by atoms with Crippen LogP contribution < -0.4 is 4.90 Å². The zero-order valence-corrected chi connectivity index (χ0v) is 12.0. The quantitative estimate of drug-likeness (QED) is 0.907. The first-order valence-electron chi connectivity index (χ1n) is 7.63. The number of anilines is 1. The molecule has 2 aliphatic rings. The zero-order valence-electron chi connectivity index (χ0n) is 12.0. The van der Waals surface area contributed by atoms with Crippen LogP contribution in [0.1, 0.15) is 18.4 Å². The van der Waals surface area contributed by atoms with Gasteiger partial charge in [0.25, 0.3) is 0 Å². The predicted octanol–water partition coefficient (Wildman–Crippen LogP) is 1.48. The fourth-order valence-corrected chi connectivity index (χ4v) is 3.01. The third-order valence-electron chi connectivity index (χ3n) is 4.25. The van der Waals surface area contributed by atoms with Crippen molar-refractivity contribution < 1.29 is 9.84 Å². The van der Waals surface area contributed by atoms with Crippen molar-refractivity contribution in [2.45, 2.75) is 25.5 Å². The Morgan fingerprint density at radius 3 is 2.60 bits per heavy atom. The van der Waals surface area contributed by atoms with Gasteiger partial charge in [-0.25, -0.2) is 0 Å². The lowest BCUT2D eigenvalue weighted by Gasteiger charge is -2.31. The predicted molar refractivity (Wildman–Crippen MR) is 80.0 cm³/mol. The van der Waals surface area contributed by atoms with E-state index < -0.39 is 0 Å². The second kappa shape index (κ2) is 6.57. The second-order valence-electron chi connectivity index (χ2n) is 5.78. The summed E-state index contributed by atoms with van der Waals surface area (Å²) in [5.74, 6) is 0. The summed E-state index contributed by atoms with van der Waals surface area (Å²) in [6.45, 7) is 6.62. The van der Waals surface area contributed by atoms with Crippen LogP contribution >= 0.6 is 0 Å². The molecule has 0 saturated carbocycles. The summed E-state index contributed by atoms with van der Waals surface area (Å²) in [6.07, 6.45) is 1.72. The molecule has 2 heterocycles. The lowest BCUT2D eigenvalue weighted by Crippen LogP contribution is -2.36. The number of piperidine rings is 1. The van der Waals surface area contributed by atoms with E-state index in [9.17, 15) is 5.11 Å². The molecule has 1 aromatic carbocycles. The van der Waals surface area contributed by atoms with Crippen LogP contribution in [0.4, 0.5) is 5.69 Å². The van der Waals surface area contributed by atoms with Crippen LogP contribution in [-0.2, 0) is 11.3 Å². The number of aliphatic hydroxyl groups is 1. The molecule has 0 atom stereocenters. The number of hydrogen-bond acceptors (Lipinski definition) is 4. The summed E-state index contributed by atoms with van der Waals surface area (Å²) in [5.41, 5.74) is 2.67. The lowest BCUT2D eigenvalue weighted by molar-refractivity contribution is 0.0792. The van der Waals surface area contributed by atoms with Crippen LogP contribution in [0.5, 0.6) is 0 Å². The van der Waals surface area contributed by atoms with Crippen molar-refractivity contribution in [1.82, 2.24) is 4.90 Å². The number of rotatable bonds is 3. The van der Waals surface area contributed by atoms with E-state index in [1.54, 1.807) is 0 Å². The molecular formula is C16H24N2O2. The van der Waals surface area contributed by atoms with E-state index in [2.05, 4.69) is 34.1 Å². The van der Waals surface area contributed by atoms with Gasteiger partial charge in [0.1, 0.15) is 0 Å². The minimum Gasteiger partial charge on any atom is -0.393 e. The molecule has 3 rings (SSSR count). The van der Waals surface area contributed by atoms with Crippen molar-refractivity contribution in [3.8, 4) is 0 Å². The summed E-state index contributed by atoms with van der Waals surface area (Å²) in [6, 6.07) is 8.85. The maximum atomic E-state index is 9.56. The topological polar surface area (TPSA) is 35.9 Å². The fourth-order valence-electron chi connectivity index (χ4n) is 3.01. The molecule has 0 aliphatic carbocycles. The van der Waals surface area contributed by atoms with Crippen LogP contribution in [0.15, 0.2) is 24.3 Å². The van der Waals surface area contributed by atoms with Crippen molar-refractivity contribution in [2.24, 2.45) is 0 Å². The molecule has 0 bridgehead atoms. The standard InChI is InChI=1S/C16H24N2O2/c19-16-4-6-17(7-5-16)13-14-2-1-3-15(12-14)18-8-10-20-11-9-18/h1-3,12,16,19H,4-11,13H2. The van der Waals surface area contributed by atoms with E-state index in [1.165, 1.54) is 11.3 Å². The normalized spacial score (nSPS) is 22.1. The number of nitrogens with zero attached hydrogens (tertiary/aromatic N) is 2. The van der Waals surface area contributed by atoms with Crippen LogP contribution in [-0.4, -0.2) is 55.5 Å². The van der Waals surface area contributed by atoms with Crippen molar-refractivity contribution in [3.05, 3.63) is 29.8 Å². The van der Waals surface area contributed by atoms with Gasteiger partial charge >= 0.3 is 0 Å². The summed E-state index contributed by atoms with van der Waals surface area (Å²) in [4.78, 5) is 4.83. The Balaban J connectivity index is 1.62. The van der Waals surface area contributed by atoms with Gasteiger partial charge in [0.15, 0.2) is 0 Å². The molecule has 0 aromatic heterocycles. The van der Waals surface area contributed by atoms with Gasteiger partial charge in [-0.15, -0.1) is 0 Å². The Morgan fingerprint density at radius 1 is 1.10 bits per heavy atom. The second-order valence-corrected chi connectivity index (χ2v) is 5.78. The SMILES string of the molecule is OC1CCN(Cc2cccc(N3CCOCC3)c2)CC1. The Kier molecular flexibility index (Phi) is 4.55. The van der Waals surface area contributed by atoms with E-state index >= 15 is 0 Å². The molecule has 4 heteroatoms. The average Bonchev–Trinajstić information content (AvgIpc) is 2.51. The number of likely N-dealkylation sites (tertiary alicyclic amines) is 1. The maximum absolute atomic E-state index is 9.56. The first-order valence-corrected chi connectivity index (χ1v) is 7.63. The molecule has 20 heavy (non-hydrogen) atoms. The zero-order chi connectivity index (χ0) is 13.8. The van der Waals surface area contributed by atoms with Gasteiger partial charge < -0.3 is 14.7 Å². The van der Waals surface area contributed by atoms with Gasteiger partial charge in [-0.3, -0.25) is 4.90 Å². The minimum atomic E-state index is -0.0917. The Hall–Kier alpha value is -1.10.